The predicted molar refractivity (Wildman–Crippen MR) is 66.7 cm³/mol. The minimum atomic E-state index is -4.41. The molecule has 2 rings (SSSR count). The maximum Gasteiger partial charge on any atom is 0.417 e. The Morgan fingerprint density at radius 3 is 2.40 bits per heavy atom. The van der Waals surface area contributed by atoms with Crippen molar-refractivity contribution in [2.75, 3.05) is 5.73 Å². The van der Waals surface area contributed by atoms with Crippen LogP contribution in [0.15, 0.2) is 40.5 Å². The topological polar surface area (TPSA) is 75.6 Å². The van der Waals surface area contributed by atoms with Crippen LogP contribution in [0.25, 0.3) is 0 Å². The van der Waals surface area contributed by atoms with Crippen molar-refractivity contribution >= 4 is 17.4 Å². The summed E-state index contributed by atoms with van der Waals surface area (Å²) in [7, 11) is 0. The third-order valence-corrected chi connectivity index (χ3v) is 3.17. The van der Waals surface area contributed by atoms with Crippen LogP contribution >= 0.6 is 11.8 Å². The molecule has 102 valence electrons. The molecule has 2 aromatic rings. The van der Waals surface area contributed by atoms with Crippen molar-refractivity contribution in [3.05, 3.63) is 41.7 Å². The second-order valence-electron chi connectivity index (χ2n) is 3.68. The van der Waals surface area contributed by atoms with Crippen molar-refractivity contribution in [3.8, 4) is 6.07 Å². The van der Waals surface area contributed by atoms with Gasteiger partial charge in [-0.3, -0.25) is 0 Å². The first kappa shape index (κ1) is 14.1. The third kappa shape index (κ3) is 3.19. The van der Waals surface area contributed by atoms with Gasteiger partial charge < -0.3 is 5.73 Å². The lowest BCUT2D eigenvalue weighted by molar-refractivity contribution is -0.137. The second-order valence-corrected chi connectivity index (χ2v) is 4.72. The summed E-state index contributed by atoms with van der Waals surface area (Å²) < 4.78 is 37.1. The van der Waals surface area contributed by atoms with Crippen molar-refractivity contribution in [1.82, 2.24) is 9.97 Å². The number of nitrogens with two attached hydrogens (primary N) is 1. The average Bonchev–Trinajstić information content (AvgIpc) is 2.40. The van der Waals surface area contributed by atoms with Gasteiger partial charge >= 0.3 is 6.18 Å². The number of aromatic nitrogens is 2. The fourth-order valence-electron chi connectivity index (χ4n) is 1.31. The number of nitrogen functional groups attached to an aromatic ring is 1. The summed E-state index contributed by atoms with van der Waals surface area (Å²) in [5, 5.41) is 9.57. The number of alkyl halides is 3. The SMILES string of the molecule is N#Cc1nc(Sc2ccc(C(F)(F)F)cn2)ccc1N. The minimum absolute atomic E-state index is 0.0712. The first-order chi connectivity index (χ1) is 9.40. The molecule has 2 aromatic heterocycles. The quantitative estimate of drug-likeness (QED) is 0.921. The maximum absolute atomic E-state index is 12.4. The number of hydrogen-bond acceptors (Lipinski definition) is 5. The number of halogens is 3. The van der Waals surface area contributed by atoms with Crippen LogP contribution in [-0.2, 0) is 6.18 Å². The Hall–Kier alpha value is -2.27. The monoisotopic (exact) mass is 296 g/mol. The van der Waals surface area contributed by atoms with Gasteiger partial charge in [-0.25, -0.2) is 9.97 Å². The zero-order valence-corrected chi connectivity index (χ0v) is 10.7. The highest BCUT2D eigenvalue weighted by molar-refractivity contribution is 7.99. The summed E-state index contributed by atoms with van der Waals surface area (Å²) in [5.74, 6) is 0. The Labute approximate surface area is 116 Å². The first-order valence-corrected chi connectivity index (χ1v) is 6.09. The molecule has 0 radical (unpaired) electrons. The van der Waals surface area contributed by atoms with Gasteiger partial charge in [0.05, 0.1) is 11.3 Å². The van der Waals surface area contributed by atoms with Gasteiger partial charge in [-0.1, -0.05) is 11.8 Å². The summed E-state index contributed by atoms with van der Waals surface area (Å²) in [6, 6.07) is 7.10. The van der Waals surface area contributed by atoms with Crippen LogP contribution in [0.3, 0.4) is 0 Å². The first-order valence-electron chi connectivity index (χ1n) is 5.28. The van der Waals surface area contributed by atoms with E-state index < -0.39 is 11.7 Å². The third-order valence-electron chi connectivity index (χ3n) is 2.28. The van der Waals surface area contributed by atoms with E-state index in [0.717, 1.165) is 24.0 Å². The zero-order chi connectivity index (χ0) is 14.8. The average molecular weight is 296 g/mol. The molecule has 0 aromatic carbocycles. The molecule has 0 saturated carbocycles. The molecule has 0 bridgehead atoms. The van der Waals surface area contributed by atoms with Crippen LogP contribution in [-0.4, -0.2) is 9.97 Å². The standard InChI is InChI=1S/C12H7F3N4S/c13-12(14,15)7-1-3-10(18-6-7)20-11-4-2-8(17)9(5-16)19-11/h1-4,6H,17H2. The molecular formula is C12H7F3N4S. The highest BCUT2D eigenvalue weighted by Crippen LogP contribution is 2.31. The molecule has 0 spiro atoms. The Bertz CT molecular complexity index is 662. The maximum atomic E-state index is 12.4. The lowest BCUT2D eigenvalue weighted by Crippen LogP contribution is -2.05. The van der Waals surface area contributed by atoms with Crippen LogP contribution in [0.5, 0.6) is 0 Å². The molecule has 0 fully saturated rings. The van der Waals surface area contributed by atoms with Gasteiger partial charge in [0.25, 0.3) is 0 Å². The summed E-state index contributed by atoms with van der Waals surface area (Å²) in [6.07, 6.45) is -3.66. The van der Waals surface area contributed by atoms with Crippen LogP contribution < -0.4 is 5.73 Å². The Morgan fingerprint density at radius 2 is 1.85 bits per heavy atom. The zero-order valence-electron chi connectivity index (χ0n) is 9.85. The number of nitrogens with zero attached hydrogens (tertiary/aromatic N) is 3. The number of nitriles is 1. The smallest absolute Gasteiger partial charge is 0.396 e. The molecular weight excluding hydrogens is 289 g/mol. The molecule has 0 unspecified atom stereocenters. The summed E-state index contributed by atoms with van der Waals surface area (Å²) in [6.45, 7) is 0. The second kappa shape index (κ2) is 5.38. The lowest BCUT2D eigenvalue weighted by atomic mass is 10.3. The van der Waals surface area contributed by atoms with E-state index >= 15 is 0 Å². The molecule has 0 aliphatic rings. The van der Waals surface area contributed by atoms with Crippen molar-refractivity contribution in [2.24, 2.45) is 0 Å². The Morgan fingerprint density at radius 1 is 1.15 bits per heavy atom. The van der Waals surface area contributed by atoms with Crippen LogP contribution in [0.4, 0.5) is 18.9 Å². The van der Waals surface area contributed by atoms with Crippen LogP contribution in [0.1, 0.15) is 11.3 Å². The van der Waals surface area contributed by atoms with Gasteiger partial charge in [0, 0.05) is 6.20 Å². The van der Waals surface area contributed by atoms with Crippen molar-refractivity contribution in [1.29, 1.82) is 5.26 Å². The molecule has 8 heteroatoms. The predicted octanol–water partition coefficient (Wildman–Crippen LogP) is 3.10. The number of rotatable bonds is 2. The number of anilines is 1. The van der Waals surface area contributed by atoms with Crippen LogP contribution in [0.2, 0.25) is 0 Å². The van der Waals surface area contributed by atoms with Gasteiger partial charge in [-0.05, 0) is 24.3 Å². The number of pyridine rings is 2. The summed E-state index contributed by atoms with van der Waals surface area (Å²) in [4.78, 5) is 7.68. The van der Waals surface area contributed by atoms with E-state index in [1.54, 1.807) is 6.07 Å². The summed E-state index contributed by atoms with van der Waals surface area (Å²) >= 11 is 1.05. The minimum Gasteiger partial charge on any atom is -0.396 e. The Balaban J connectivity index is 2.21. The fourth-order valence-corrected chi connectivity index (χ4v) is 2.04. The van der Waals surface area contributed by atoms with E-state index in [0.29, 0.717) is 10.1 Å². The molecule has 2 heterocycles. The van der Waals surface area contributed by atoms with Gasteiger partial charge in [0.2, 0.25) is 0 Å². The molecule has 0 saturated heterocycles. The molecule has 0 atom stereocenters. The van der Waals surface area contributed by atoms with Crippen molar-refractivity contribution in [2.45, 2.75) is 16.2 Å². The number of hydrogen-bond donors (Lipinski definition) is 1. The van der Waals surface area contributed by atoms with Gasteiger partial charge in [0.1, 0.15) is 16.1 Å². The normalized spacial score (nSPS) is 11.1. The molecule has 0 amide bonds. The van der Waals surface area contributed by atoms with E-state index in [2.05, 4.69) is 9.97 Å². The van der Waals surface area contributed by atoms with Crippen LogP contribution in [0, 0.1) is 11.3 Å². The van der Waals surface area contributed by atoms with Gasteiger partial charge in [0.15, 0.2) is 5.69 Å². The van der Waals surface area contributed by atoms with E-state index in [4.69, 9.17) is 11.0 Å². The van der Waals surface area contributed by atoms with E-state index in [-0.39, 0.29) is 11.4 Å². The van der Waals surface area contributed by atoms with Gasteiger partial charge in [-0.15, -0.1) is 0 Å². The fraction of sp³-hybridized carbons (Fsp3) is 0.0833. The molecule has 4 nitrogen and oxygen atoms in total. The van der Waals surface area contributed by atoms with E-state index in [9.17, 15) is 13.2 Å². The largest absolute Gasteiger partial charge is 0.417 e. The molecule has 20 heavy (non-hydrogen) atoms. The van der Waals surface area contributed by atoms with Crippen molar-refractivity contribution < 1.29 is 13.2 Å². The molecule has 0 aliphatic heterocycles. The van der Waals surface area contributed by atoms with Crippen molar-refractivity contribution in [3.63, 3.8) is 0 Å². The molecule has 0 aliphatic carbocycles. The van der Waals surface area contributed by atoms with E-state index in [1.807, 2.05) is 6.07 Å². The Kier molecular flexibility index (Phi) is 3.81. The van der Waals surface area contributed by atoms with Gasteiger partial charge in [-0.2, -0.15) is 18.4 Å². The summed E-state index contributed by atoms with van der Waals surface area (Å²) in [5.41, 5.74) is 5.03. The van der Waals surface area contributed by atoms with E-state index in [1.165, 1.54) is 12.1 Å². The highest BCUT2D eigenvalue weighted by atomic mass is 32.2. The lowest BCUT2D eigenvalue weighted by Gasteiger charge is -2.06. The highest BCUT2D eigenvalue weighted by Gasteiger charge is 2.30. The molecule has 2 N–H and O–H groups in total.